The number of fused-ring (bicyclic) bond motifs is 3. The van der Waals surface area contributed by atoms with E-state index in [1.807, 2.05) is 13.8 Å². The SMILES string of the molecule is C[Si](C)[C@]12O[C@H]1C=C[C@@H]1OC(C)(C)O[C@@H]12. The van der Waals surface area contributed by atoms with Gasteiger partial charge in [-0.2, -0.15) is 0 Å². The summed E-state index contributed by atoms with van der Waals surface area (Å²) < 4.78 is 17.7. The second-order valence-electron chi connectivity index (χ2n) is 5.24. The van der Waals surface area contributed by atoms with Crippen molar-refractivity contribution >= 4 is 8.80 Å². The van der Waals surface area contributed by atoms with Crippen LogP contribution >= 0.6 is 0 Å². The van der Waals surface area contributed by atoms with Gasteiger partial charge in [0.25, 0.3) is 0 Å². The van der Waals surface area contributed by atoms with Gasteiger partial charge in [-0.15, -0.1) is 0 Å². The maximum Gasteiger partial charge on any atom is 0.164 e. The molecule has 0 unspecified atom stereocenters. The Bertz CT molecular complexity index is 326. The molecule has 4 heteroatoms. The molecular formula is C11H17O3Si. The molecule has 0 aromatic heterocycles. The molecule has 0 aromatic carbocycles. The fourth-order valence-electron chi connectivity index (χ4n) is 2.75. The first-order valence-corrected chi connectivity index (χ1v) is 7.98. The molecule has 3 rings (SSSR count). The molecular weight excluding hydrogens is 208 g/mol. The van der Waals surface area contributed by atoms with Crippen molar-refractivity contribution in [3.05, 3.63) is 12.2 Å². The van der Waals surface area contributed by atoms with E-state index in [-0.39, 0.29) is 23.5 Å². The van der Waals surface area contributed by atoms with Gasteiger partial charge in [0.15, 0.2) is 5.79 Å². The summed E-state index contributed by atoms with van der Waals surface area (Å²) in [4.78, 5) is 0. The van der Waals surface area contributed by atoms with Crippen molar-refractivity contribution in [1.29, 1.82) is 0 Å². The van der Waals surface area contributed by atoms with E-state index in [4.69, 9.17) is 14.2 Å². The number of hydrogen-bond acceptors (Lipinski definition) is 3. The van der Waals surface area contributed by atoms with E-state index in [1.165, 1.54) is 0 Å². The molecule has 2 fully saturated rings. The molecule has 83 valence electrons. The minimum atomic E-state index is -0.541. The van der Waals surface area contributed by atoms with Crippen LogP contribution < -0.4 is 0 Å². The molecule has 2 heterocycles. The largest absolute Gasteiger partial charge is 0.363 e. The standard InChI is InChI=1S/C11H17O3Si/c1-10(2)12-7-5-6-8-11(13-8,15(3)4)9(7)14-10/h5-9H,1-4H3/t7-,8-,9-,11+/m0/s1. The molecule has 1 aliphatic carbocycles. The van der Waals surface area contributed by atoms with Gasteiger partial charge in [-0.3, -0.25) is 0 Å². The average Bonchev–Trinajstić information content (AvgIpc) is 2.78. The van der Waals surface area contributed by atoms with Crippen molar-refractivity contribution in [2.75, 3.05) is 0 Å². The van der Waals surface area contributed by atoms with E-state index in [0.29, 0.717) is 0 Å². The Kier molecular flexibility index (Phi) is 1.83. The molecule has 0 N–H and O–H groups in total. The lowest BCUT2D eigenvalue weighted by Gasteiger charge is -2.27. The highest BCUT2D eigenvalue weighted by Crippen LogP contribution is 2.52. The fourth-order valence-corrected chi connectivity index (χ4v) is 4.57. The quantitative estimate of drug-likeness (QED) is 0.385. The number of ether oxygens (including phenoxy) is 3. The zero-order valence-corrected chi connectivity index (χ0v) is 10.6. The number of epoxide rings is 1. The second-order valence-corrected chi connectivity index (χ2v) is 8.02. The molecule has 4 atom stereocenters. The van der Waals surface area contributed by atoms with Gasteiger partial charge in [0.1, 0.15) is 23.5 Å². The predicted molar refractivity (Wildman–Crippen MR) is 58.1 cm³/mol. The van der Waals surface area contributed by atoms with Crippen LogP contribution in [0.1, 0.15) is 13.8 Å². The van der Waals surface area contributed by atoms with E-state index < -0.39 is 14.6 Å². The average molecular weight is 225 g/mol. The Balaban J connectivity index is 1.94. The number of hydrogen-bond donors (Lipinski definition) is 0. The summed E-state index contributed by atoms with van der Waals surface area (Å²) in [6.07, 6.45) is 4.70. The monoisotopic (exact) mass is 225 g/mol. The van der Waals surface area contributed by atoms with E-state index in [2.05, 4.69) is 25.2 Å². The fraction of sp³-hybridized carbons (Fsp3) is 0.818. The second kappa shape index (κ2) is 2.74. The maximum atomic E-state index is 6.00. The number of rotatable bonds is 1. The van der Waals surface area contributed by atoms with Gasteiger partial charge in [-0.1, -0.05) is 25.2 Å². The zero-order valence-electron chi connectivity index (χ0n) is 9.61. The third-order valence-electron chi connectivity index (χ3n) is 3.50. The first kappa shape index (κ1) is 10.0. The van der Waals surface area contributed by atoms with Gasteiger partial charge < -0.3 is 14.2 Å². The van der Waals surface area contributed by atoms with Crippen LogP contribution in [0.5, 0.6) is 0 Å². The third-order valence-corrected chi connectivity index (χ3v) is 5.75. The molecule has 0 bridgehead atoms. The van der Waals surface area contributed by atoms with Gasteiger partial charge in [0, 0.05) is 0 Å². The van der Waals surface area contributed by atoms with Crippen molar-refractivity contribution in [3.63, 3.8) is 0 Å². The van der Waals surface area contributed by atoms with Crippen molar-refractivity contribution < 1.29 is 14.2 Å². The van der Waals surface area contributed by atoms with Crippen LogP contribution in [-0.2, 0) is 14.2 Å². The Hall–Kier alpha value is -0.163. The Morgan fingerprint density at radius 2 is 1.80 bits per heavy atom. The van der Waals surface area contributed by atoms with Crippen LogP contribution in [0.4, 0.5) is 0 Å². The lowest BCUT2D eigenvalue weighted by molar-refractivity contribution is -0.146. The van der Waals surface area contributed by atoms with Crippen LogP contribution in [0, 0.1) is 0 Å². The van der Waals surface area contributed by atoms with Crippen molar-refractivity contribution in [1.82, 2.24) is 0 Å². The van der Waals surface area contributed by atoms with Gasteiger partial charge in [0.2, 0.25) is 0 Å². The molecule has 0 aromatic rings. The predicted octanol–water partition coefficient (Wildman–Crippen LogP) is 1.51. The third kappa shape index (κ3) is 1.22. The van der Waals surface area contributed by atoms with Crippen LogP contribution in [0.15, 0.2) is 12.2 Å². The van der Waals surface area contributed by atoms with Gasteiger partial charge in [-0.05, 0) is 13.8 Å². The van der Waals surface area contributed by atoms with Crippen molar-refractivity contribution in [2.24, 2.45) is 0 Å². The molecule has 0 spiro atoms. The summed E-state index contributed by atoms with van der Waals surface area (Å²) in [7, 11) is -0.541. The van der Waals surface area contributed by atoms with Crippen LogP contribution in [-0.4, -0.2) is 38.1 Å². The van der Waals surface area contributed by atoms with Crippen LogP contribution in [0.2, 0.25) is 13.1 Å². The summed E-state index contributed by atoms with van der Waals surface area (Å²) in [5, 5.41) is -0.0299. The Morgan fingerprint density at radius 3 is 2.47 bits per heavy atom. The zero-order chi connectivity index (χ0) is 10.8. The minimum Gasteiger partial charge on any atom is -0.363 e. The summed E-state index contributed by atoms with van der Waals surface area (Å²) in [5.41, 5.74) is 0. The molecule has 0 saturated carbocycles. The lowest BCUT2D eigenvalue weighted by Crippen LogP contribution is -2.49. The molecule has 2 aliphatic heterocycles. The van der Waals surface area contributed by atoms with Gasteiger partial charge >= 0.3 is 0 Å². The highest BCUT2D eigenvalue weighted by Gasteiger charge is 2.69. The Labute approximate surface area is 92.0 Å². The first-order valence-electron chi connectivity index (χ1n) is 5.48. The molecule has 0 amide bonds. The summed E-state index contributed by atoms with van der Waals surface area (Å²) in [6.45, 7) is 8.52. The first-order chi connectivity index (χ1) is 6.96. The van der Waals surface area contributed by atoms with E-state index in [0.717, 1.165) is 0 Å². The van der Waals surface area contributed by atoms with E-state index in [1.54, 1.807) is 0 Å². The van der Waals surface area contributed by atoms with Gasteiger partial charge in [0.05, 0.1) is 8.80 Å². The smallest absolute Gasteiger partial charge is 0.164 e. The highest BCUT2D eigenvalue weighted by atomic mass is 28.3. The van der Waals surface area contributed by atoms with Crippen LogP contribution in [0.3, 0.4) is 0 Å². The Morgan fingerprint density at radius 1 is 1.07 bits per heavy atom. The van der Waals surface area contributed by atoms with E-state index in [9.17, 15) is 0 Å². The van der Waals surface area contributed by atoms with Crippen LogP contribution in [0.25, 0.3) is 0 Å². The maximum absolute atomic E-state index is 6.00. The summed E-state index contributed by atoms with van der Waals surface area (Å²) >= 11 is 0. The van der Waals surface area contributed by atoms with E-state index >= 15 is 0 Å². The molecule has 2 saturated heterocycles. The van der Waals surface area contributed by atoms with Gasteiger partial charge in [-0.25, -0.2) is 0 Å². The summed E-state index contributed by atoms with van der Waals surface area (Å²) in [5.74, 6) is -0.467. The minimum absolute atomic E-state index is 0.0299. The molecule has 1 radical (unpaired) electrons. The molecule has 3 aliphatic rings. The van der Waals surface area contributed by atoms with Crippen molar-refractivity contribution in [3.8, 4) is 0 Å². The highest BCUT2D eigenvalue weighted by molar-refractivity contribution is 6.60. The lowest BCUT2D eigenvalue weighted by atomic mass is 10.0. The normalized spacial score (nSPS) is 50.3. The molecule has 3 nitrogen and oxygen atoms in total. The molecule has 15 heavy (non-hydrogen) atoms. The summed E-state index contributed by atoms with van der Waals surface area (Å²) in [6, 6.07) is 0. The topological polar surface area (TPSA) is 31.0 Å². The van der Waals surface area contributed by atoms with Crippen molar-refractivity contribution in [2.45, 2.75) is 56.3 Å².